The molecule has 196 valence electrons. The fraction of sp³-hybridized carbons (Fsp3) is 0.393. The molecule has 2 amide bonds. The van der Waals surface area contributed by atoms with Crippen LogP contribution in [-0.2, 0) is 22.6 Å². The van der Waals surface area contributed by atoms with E-state index in [1.54, 1.807) is 11.1 Å². The second-order valence-corrected chi connectivity index (χ2v) is 11.1. The maximum Gasteiger partial charge on any atom is 0.410 e. The minimum absolute atomic E-state index is 0.267. The molecule has 1 N–H and O–H groups in total. The number of carbonyl (C=O) groups excluding carboxylic acids is 2. The fourth-order valence-electron chi connectivity index (χ4n) is 3.85. The van der Waals surface area contributed by atoms with Gasteiger partial charge in [-0.1, -0.05) is 30.3 Å². The summed E-state index contributed by atoms with van der Waals surface area (Å²) in [6, 6.07) is 17.5. The van der Waals surface area contributed by atoms with Crippen LogP contribution in [0.15, 0.2) is 60.8 Å². The smallest absolute Gasteiger partial charge is 0.410 e. The third-order valence-electron chi connectivity index (χ3n) is 5.70. The van der Waals surface area contributed by atoms with Gasteiger partial charge in [0, 0.05) is 35.6 Å². The van der Waals surface area contributed by atoms with Crippen LogP contribution in [0.2, 0.25) is 0 Å². The van der Waals surface area contributed by atoms with Crippen molar-refractivity contribution in [2.45, 2.75) is 45.9 Å². The highest BCUT2D eigenvalue weighted by molar-refractivity contribution is 7.15. The van der Waals surface area contributed by atoms with Crippen molar-refractivity contribution in [3.63, 3.8) is 0 Å². The van der Waals surface area contributed by atoms with E-state index in [1.165, 1.54) is 11.3 Å². The van der Waals surface area contributed by atoms with Crippen LogP contribution >= 0.6 is 11.3 Å². The van der Waals surface area contributed by atoms with Gasteiger partial charge in [0.15, 0.2) is 0 Å². The van der Waals surface area contributed by atoms with E-state index in [-0.39, 0.29) is 18.6 Å². The standard InChI is InChI=1S/C28H33N3O5S/c1-28(2,3)36-26(32)30-16-24-15-29-25(37-24)22-9-11-23(12-10-22)34-19-21-13-14-31(17-21)27(33)35-18-20-7-5-4-6-8-20/h4-12,15,21H,13-14,16-19H2,1-3H3,(H,30,32)/t21-/m0/s1. The lowest BCUT2D eigenvalue weighted by atomic mass is 10.1. The molecule has 1 aliphatic heterocycles. The minimum Gasteiger partial charge on any atom is -0.493 e. The predicted molar refractivity (Wildman–Crippen MR) is 142 cm³/mol. The van der Waals surface area contributed by atoms with Crippen molar-refractivity contribution in [1.82, 2.24) is 15.2 Å². The van der Waals surface area contributed by atoms with E-state index in [9.17, 15) is 9.59 Å². The van der Waals surface area contributed by atoms with E-state index in [4.69, 9.17) is 14.2 Å². The van der Waals surface area contributed by atoms with Crippen molar-refractivity contribution in [2.24, 2.45) is 5.92 Å². The molecule has 2 heterocycles. The van der Waals surface area contributed by atoms with E-state index in [0.29, 0.717) is 26.2 Å². The van der Waals surface area contributed by atoms with Crippen LogP contribution < -0.4 is 10.1 Å². The number of hydrogen-bond donors (Lipinski definition) is 1. The number of amides is 2. The number of ether oxygens (including phenoxy) is 3. The number of hydrogen-bond acceptors (Lipinski definition) is 7. The van der Waals surface area contributed by atoms with Crippen LogP contribution in [0.25, 0.3) is 10.6 Å². The summed E-state index contributed by atoms with van der Waals surface area (Å²) in [5, 5.41) is 3.62. The highest BCUT2D eigenvalue weighted by Crippen LogP contribution is 2.27. The van der Waals surface area contributed by atoms with Gasteiger partial charge in [-0.05, 0) is 57.0 Å². The normalized spacial score (nSPS) is 15.3. The monoisotopic (exact) mass is 523 g/mol. The summed E-state index contributed by atoms with van der Waals surface area (Å²) in [6.45, 7) is 7.99. The molecule has 1 atom stereocenters. The van der Waals surface area contributed by atoms with Gasteiger partial charge in [0.05, 0.1) is 13.2 Å². The Morgan fingerprint density at radius 3 is 2.59 bits per heavy atom. The second kappa shape index (κ2) is 12.1. The van der Waals surface area contributed by atoms with Gasteiger partial charge in [0.2, 0.25) is 0 Å². The van der Waals surface area contributed by atoms with E-state index in [2.05, 4.69) is 10.3 Å². The summed E-state index contributed by atoms with van der Waals surface area (Å²) in [5.41, 5.74) is 1.43. The van der Waals surface area contributed by atoms with E-state index < -0.39 is 11.7 Å². The number of thiazole rings is 1. The number of rotatable bonds is 8. The van der Waals surface area contributed by atoms with E-state index in [0.717, 1.165) is 33.2 Å². The first kappa shape index (κ1) is 26.5. The summed E-state index contributed by atoms with van der Waals surface area (Å²) in [7, 11) is 0. The molecule has 1 fully saturated rings. The second-order valence-electron chi connectivity index (χ2n) is 9.96. The molecule has 8 nitrogen and oxygen atoms in total. The number of nitrogens with zero attached hydrogens (tertiary/aromatic N) is 2. The van der Waals surface area contributed by atoms with Gasteiger partial charge < -0.3 is 24.4 Å². The first-order valence-corrected chi connectivity index (χ1v) is 13.2. The van der Waals surface area contributed by atoms with Crippen LogP contribution in [-0.4, -0.2) is 47.4 Å². The molecule has 0 saturated carbocycles. The van der Waals surface area contributed by atoms with E-state index >= 15 is 0 Å². The Morgan fingerprint density at radius 1 is 1.11 bits per heavy atom. The molecule has 0 aliphatic carbocycles. The van der Waals surface area contributed by atoms with Crippen LogP contribution in [0.4, 0.5) is 9.59 Å². The topological polar surface area (TPSA) is 90.0 Å². The van der Waals surface area contributed by atoms with Crippen LogP contribution in [0.3, 0.4) is 0 Å². The molecular weight excluding hydrogens is 490 g/mol. The molecule has 1 aromatic heterocycles. The first-order valence-electron chi connectivity index (χ1n) is 12.4. The lowest BCUT2D eigenvalue weighted by Crippen LogP contribution is -2.31. The minimum atomic E-state index is -0.529. The van der Waals surface area contributed by atoms with Crippen molar-refractivity contribution in [3.05, 3.63) is 71.2 Å². The quantitative estimate of drug-likeness (QED) is 0.397. The number of benzene rings is 2. The first-order chi connectivity index (χ1) is 17.7. The van der Waals surface area contributed by atoms with Crippen molar-refractivity contribution in [3.8, 4) is 16.3 Å². The molecule has 0 unspecified atom stereocenters. The molecule has 4 rings (SSSR count). The highest BCUT2D eigenvalue weighted by atomic mass is 32.1. The third-order valence-corrected chi connectivity index (χ3v) is 6.74. The molecule has 3 aromatic rings. The molecule has 0 spiro atoms. The van der Waals surface area contributed by atoms with Crippen molar-refractivity contribution in [1.29, 1.82) is 0 Å². The van der Waals surface area contributed by atoms with Crippen LogP contribution in [0, 0.1) is 5.92 Å². The van der Waals surface area contributed by atoms with Crippen LogP contribution in [0.1, 0.15) is 37.6 Å². The number of carbonyl (C=O) groups is 2. The molecular formula is C28H33N3O5S. The largest absolute Gasteiger partial charge is 0.493 e. The van der Waals surface area contributed by atoms with E-state index in [1.807, 2.05) is 75.4 Å². The number of likely N-dealkylation sites (tertiary alicyclic amines) is 1. The van der Waals surface area contributed by atoms with Gasteiger partial charge in [-0.15, -0.1) is 11.3 Å². The zero-order valence-electron chi connectivity index (χ0n) is 21.4. The predicted octanol–water partition coefficient (Wildman–Crippen LogP) is 5.87. The Kier molecular flexibility index (Phi) is 8.66. The summed E-state index contributed by atoms with van der Waals surface area (Å²) in [6.07, 6.45) is 1.93. The SMILES string of the molecule is CC(C)(C)OC(=O)NCc1cnc(-c2ccc(OC[C@H]3CCN(C(=O)OCc4ccccc4)C3)cc2)s1. The third kappa shape index (κ3) is 8.21. The summed E-state index contributed by atoms with van der Waals surface area (Å²) >= 11 is 1.52. The Hall–Kier alpha value is -3.59. The molecule has 37 heavy (non-hydrogen) atoms. The average Bonchev–Trinajstić information content (AvgIpc) is 3.55. The average molecular weight is 524 g/mol. The van der Waals surface area contributed by atoms with Crippen molar-refractivity contribution < 1.29 is 23.8 Å². The van der Waals surface area contributed by atoms with Gasteiger partial charge in [-0.25, -0.2) is 14.6 Å². The molecule has 0 bridgehead atoms. The van der Waals surface area contributed by atoms with Crippen LogP contribution in [0.5, 0.6) is 5.75 Å². The summed E-state index contributed by atoms with van der Waals surface area (Å²) in [4.78, 5) is 31.4. The molecule has 1 saturated heterocycles. The van der Waals surface area contributed by atoms with Gasteiger partial charge in [-0.3, -0.25) is 0 Å². The number of aromatic nitrogens is 1. The van der Waals surface area contributed by atoms with Gasteiger partial charge in [0.25, 0.3) is 0 Å². The molecule has 9 heteroatoms. The van der Waals surface area contributed by atoms with Gasteiger partial charge in [-0.2, -0.15) is 0 Å². The summed E-state index contributed by atoms with van der Waals surface area (Å²) in [5.74, 6) is 1.04. The van der Waals surface area contributed by atoms with Crippen molar-refractivity contribution >= 4 is 23.5 Å². The Balaban J connectivity index is 1.19. The summed E-state index contributed by atoms with van der Waals surface area (Å²) < 4.78 is 16.7. The molecule has 0 radical (unpaired) electrons. The van der Waals surface area contributed by atoms with Gasteiger partial charge >= 0.3 is 12.2 Å². The Bertz CT molecular complexity index is 1170. The van der Waals surface area contributed by atoms with Crippen molar-refractivity contribution in [2.75, 3.05) is 19.7 Å². The number of nitrogens with one attached hydrogen (secondary N) is 1. The Labute approximate surface area is 221 Å². The Morgan fingerprint density at radius 2 is 1.86 bits per heavy atom. The lowest BCUT2D eigenvalue weighted by molar-refractivity contribution is 0.0524. The maximum atomic E-state index is 12.4. The molecule has 2 aromatic carbocycles. The maximum absolute atomic E-state index is 12.4. The zero-order valence-corrected chi connectivity index (χ0v) is 22.3. The van der Waals surface area contributed by atoms with Gasteiger partial charge in [0.1, 0.15) is 23.0 Å². The zero-order chi connectivity index (χ0) is 26.3. The fourth-order valence-corrected chi connectivity index (χ4v) is 4.71. The lowest BCUT2D eigenvalue weighted by Gasteiger charge is -2.19. The molecule has 1 aliphatic rings. The number of alkyl carbamates (subject to hydrolysis) is 1. The highest BCUT2D eigenvalue weighted by Gasteiger charge is 2.27.